The highest BCUT2D eigenvalue weighted by atomic mass is 16.4. The number of carbonyl (C=O) groups is 3. The van der Waals surface area contributed by atoms with Crippen LogP contribution in [0.1, 0.15) is 26.7 Å². The van der Waals surface area contributed by atoms with E-state index in [0.29, 0.717) is 0 Å². The molecule has 0 atom stereocenters. The van der Waals surface area contributed by atoms with Crippen LogP contribution in [0.15, 0.2) is 0 Å². The first-order valence-corrected chi connectivity index (χ1v) is 3.74. The van der Waals surface area contributed by atoms with Crippen molar-refractivity contribution in [2.75, 3.05) is 0 Å². The summed E-state index contributed by atoms with van der Waals surface area (Å²) in [6.07, 6.45) is -0.455. The van der Waals surface area contributed by atoms with Gasteiger partial charge in [-0.25, -0.2) is 0 Å². The van der Waals surface area contributed by atoms with Gasteiger partial charge in [0.25, 0.3) is 0 Å². The number of carboxylic acids is 1. The molecule has 0 aromatic heterocycles. The van der Waals surface area contributed by atoms with Crippen LogP contribution in [-0.2, 0) is 14.4 Å². The lowest BCUT2D eigenvalue weighted by Gasteiger charge is -2.00. The van der Waals surface area contributed by atoms with Gasteiger partial charge in [-0.1, -0.05) is 13.8 Å². The Labute approximate surface area is 70.6 Å². The van der Waals surface area contributed by atoms with E-state index in [1.165, 1.54) is 0 Å². The van der Waals surface area contributed by atoms with Crippen LogP contribution in [0.5, 0.6) is 0 Å². The van der Waals surface area contributed by atoms with Crippen molar-refractivity contribution in [3.05, 3.63) is 0 Å². The average Bonchev–Trinajstić information content (AvgIpc) is 1.98. The zero-order valence-corrected chi connectivity index (χ0v) is 7.16. The van der Waals surface area contributed by atoms with Gasteiger partial charge in [0.2, 0.25) is 5.78 Å². The molecule has 0 rings (SSSR count). The van der Waals surface area contributed by atoms with E-state index in [1.54, 1.807) is 13.8 Å². The van der Waals surface area contributed by atoms with Crippen molar-refractivity contribution in [1.82, 2.24) is 0 Å². The van der Waals surface area contributed by atoms with Crippen molar-refractivity contribution in [3.63, 3.8) is 0 Å². The molecule has 0 aromatic rings. The Morgan fingerprint density at radius 1 is 1.17 bits per heavy atom. The Bertz CT molecular complexity index is 205. The Hall–Kier alpha value is -1.19. The van der Waals surface area contributed by atoms with Crippen molar-refractivity contribution >= 4 is 17.5 Å². The molecule has 0 heterocycles. The van der Waals surface area contributed by atoms with Crippen molar-refractivity contribution in [2.24, 2.45) is 5.92 Å². The summed E-state index contributed by atoms with van der Waals surface area (Å²) >= 11 is 0. The number of carbonyl (C=O) groups excluding carboxylic acids is 2. The lowest BCUT2D eigenvalue weighted by atomic mass is 10.0. The van der Waals surface area contributed by atoms with Crippen molar-refractivity contribution in [1.29, 1.82) is 0 Å². The minimum Gasteiger partial charge on any atom is -0.481 e. The predicted molar refractivity (Wildman–Crippen MR) is 41.7 cm³/mol. The summed E-state index contributed by atoms with van der Waals surface area (Å²) in [6.45, 7) is 3.22. The van der Waals surface area contributed by atoms with Crippen molar-refractivity contribution in [3.8, 4) is 0 Å². The molecule has 0 aliphatic heterocycles. The SMILES string of the molecule is CC(C)C(=O)C(=O)CCC(=O)O. The molecule has 0 bridgehead atoms. The molecule has 68 valence electrons. The van der Waals surface area contributed by atoms with Gasteiger partial charge in [0.05, 0.1) is 6.42 Å². The van der Waals surface area contributed by atoms with Gasteiger partial charge < -0.3 is 5.11 Å². The first kappa shape index (κ1) is 10.8. The molecule has 0 aromatic carbocycles. The van der Waals surface area contributed by atoms with Crippen LogP contribution in [-0.4, -0.2) is 22.6 Å². The van der Waals surface area contributed by atoms with Crippen molar-refractivity contribution in [2.45, 2.75) is 26.7 Å². The summed E-state index contributed by atoms with van der Waals surface area (Å²) in [6, 6.07) is 0. The fourth-order valence-electron chi connectivity index (χ4n) is 0.666. The molecule has 4 nitrogen and oxygen atoms in total. The smallest absolute Gasteiger partial charge is 0.303 e. The molecule has 4 heteroatoms. The van der Waals surface area contributed by atoms with E-state index in [-0.39, 0.29) is 18.8 Å². The molecule has 12 heavy (non-hydrogen) atoms. The molecule has 0 spiro atoms. The fraction of sp³-hybridized carbons (Fsp3) is 0.625. The largest absolute Gasteiger partial charge is 0.481 e. The number of aliphatic carboxylic acids is 1. The Kier molecular flexibility index (Phi) is 4.18. The van der Waals surface area contributed by atoms with Gasteiger partial charge in [0.1, 0.15) is 0 Å². The number of carboxylic acid groups (broad SMARTS) is 1. The van der Waals surface area contributed by atoms with E-state index in [0.717, 1.165) is 0 Å². The number of ketones is 2. The van der Waals surface area contributed by atoms with Crippen LogP contribution in [0.25, 0.3) is 0 Å². The van der Waals surface area contributed by atoms with Gasteiger partial charge in [-0.05, 0) is 0 Å². The Morgan fingerprint density at radius 3 is 2.00 bits per heavy atom. The van der Waals surface area contributed by atoms with E-state index < -0.39 is 17.5 Å². The second kappa shape index (κ2) is 4.64. The summed E-state index contributed by atoms with van der Waals surface area (Å²) in [5.74, 6) is -2.48. The normalized spacial score (nSPS) is 9.92. The quantitative estimate of drug-likeness (QED) is 0.618. The van der Waals surface area contributed by atoms with Crippen LogP contribution in [0.4, 0.5) is 0 Å². The first-order valence-electron chi connectivity index (χ1n) is 3.74. The molecule has 0 aliphatic carbocycles. The van der Waals surface area contributed by atoms with Gasteiger partial charge in [-0.15, -0.1) is 0 Å². The molecule has 0 saturated carbocycles. The van der Waals surface area contributed by atoms with Crippen LogP contribution < -0.4 is 0 Å². The Balaban J connectivity index is 3.89. The maximum Gasteiger partial charge on any atom is 0.303 e. The third-order valence-corrected chi connectivity index (χ3v) is 1.37. The number of rotatable bonds is 5. The lowest BCUT2D eigenvalue weighted by molar-refractivity contribution is -0.141. The highest BCUT2D eigenvalue weighted by molar-refractivity contribution is 6.37. The molecular weight excluding hydrogens is 160 g/mol. The van der Waals surface area contributed by atoms with Crippen LogP contribution in [0.2, 0.25) is 0 Å². The topological polar surface area (TPSA) is 71.4 Å². The summed E-state index contributed by atoms with van der Waals surface area (Å²) in [7, 11) is 0. The van der Waals surface area contributed by atoms with Crippen LogP contribution >= 0.6 is 0 Å². The highest BCUT2D eigenvalue weighted by Gasteiger charge is 2.17. The molecule has 0 unspecified atom stereocenters. The zero-order chi connectivity index (χ0) is 9.72. The lowest BCUT2D eigenvalue weighted by Crippen LogP contribution is -2.20. The predicted octanol–water partition coefficient (Wildman–Crippen LogP) is 0.645. The molecule has 0 fully saturated rings. The summed E-state index contributed by atoms with van der Waals surface area (Å²) < 4.78 is 0. The van der Waals surface area contributed by atoms with Gasteiger partial charge in [-0.3, -0.25) is 14.4 Å². The van der Waals surface area contributed by atoms with E-state index in [4.69, 9.17) is 5.11 Å². The summed E-state index contributed by atoms with van der Waals surface area (Å²) in [5, 5.41) is 8.22. The molecule has 0 amide bonds. The molecule has 0 radical (unpaired) electrons. The fourth-order valence-corrected chi connectivity index (χ4v) is 0.666. The van der Waals surface area contributed by atoms with Crippen LogP contribution in [0.3, 0.4) is 0 Å². The van der Waals surface area contributed by atoms with E-state index >= 15 is 0 Å². The first-order chi connectivity index (χ1) is 5.45. The molecule has 0 aliphatic rings. The van der Waals surface area contributed by atoms with E-state index in [1.807, 2.05) is 0 Å². The zero-order valence-electron chi connectivity index (χ0n) is 7.16. The highest BCUT2D eigenvalue weighted by Crippen LogP contribution is 2.00. The maximum absolute atomic E-state index is 10.9. The Morgan fingerprint density at radius 2 is 1.67 bits per heavy atom. The monoisotopic (exact) mass is 172 g/mol. The molecule has 0 saturated heterocycles. The molecule has 1 N–H and O–H groups in total. The summed E-state index contributed by atoms with van der Waals surface area (Å²) in [5.41, 5.74) is 0. The third-order valence-electron chi connectivity index (χ3n) is 1.37. The standard InChI is InChI=1S/C8H12O4/c1-5(2)8(12)6(9)3-4-7(10)11/h5H,3-4H2,1-2H3,(H,10,11). The second-order valence-electron chi connectivity index (χ2n) is 2.84. The van der Waals surface area contributed by atoms with Gasteiger partial charge >= 0.3 is 5.97 Å². The van der Waals surface area contributed by atoms with Gasteiger partial charge in [-0.2, -0.15) is 0 Å². The molecular formula is C8H12O4. The van der Waals surface area contributed by atoms with Gasteiger partial charge in [0.15, 0.2) is 5.78 Å². The average molecular weight is 172 g/mol. The minimum atomic E-state index is -1.06. The number of hydrogen-bond donors (Lipinski definition) is 1. The van der Waals surface area contributed by atoms with Crippen molar-refractivity contribution < 1.29 is 19.5 Å². The maximum atomic E-state index is 10.9. The minimum absolute atomic E-state index is 0.188. The number of Topliss-reactive ketones (excluding diaryl/α,β-unsaturated/α-hetero) is 2. The third kappa shape index (κ3) is 3.85. The van der Waals surface area contributed by atoms with Gasteiger partial charge in [0, 0.05) is 12.3 Å². The second-order valence-corrected chi connectivity index (χ2v) is 2.84. The van der Waals surface area contributed by atoms with E-state index in [9.17, 15) is 14.4 Å². The summed E-state index contributed by atoms with van der Waals surface area (Å²) in [4.78, 5) is 31.8. The van der Waals surface area contributed by atoms with E-state index in [2.05, 4.69) is 0 Å². The van der Waals surface area contributed by atoms with Crippen LogP contribution in [0, 0.1) is 5.92 Å². The number of hydrogen-bond acceptors (Lipinski definition) is 3.